The highest BCUT2D eigenvalue weighted by Crippen LogP contribution is 2.48. The second-order valence-electron chi connectivity index (χ2n) is 13.1. The highest BCUT2D eigenvalue weighted by Gasteiger charge is 2.66. The van der Waals surface area contributed by atoms with Crippen LogP contribution in [-0.2, 0) is 19.1 Å². The Labute approximate surface area is 266 Å². The molecule has 2 heterocycles. The quantitative estimate of drug-likeness (QED) is 0.0682. The molecule has 0 aromatic heterocycles. The number of carbonyl (C=O) groups is 2. The number of carboxylic acid groups (broad SMARTS) is 1. The zero-order chi connectivity index (χ0) is 34.1. The van der Waals surface area contributed by atoms with E-state index in [0.29, 0.717) is 51.4 Å². The second-order valence-corrected chi connectivity index (χ2v) is 13.1. The Hall–Kier alpha value is -1.26. The average molecular weight is 651 g/mol. The molecule has 0 bridgehead atoms. The van der Waals surface area contributed by atoms with Gasteiger partial charge in [0, 0.05) is 12.3 Å². The van der Waals surface area contributed by atoms with Gasteiger partial charge >= 0.3 is 5.97 Å². The standard InChI is InChI=1S/C32H58O13/c1-5-19(33)13-9-7-8-10-16-22(35)32(31(42)43,30-28(41)26(39)24(37)18(4)45-30)21(15-12-11-14-20(34)6-2)29-27(40)25(38)23(36)17(3)44-29/h17-21,23-30,33-34,36-41H,5-16H2,1-4H3,(H,42,43)/t17-,18-,19?,20?,21?,23-,24-,25+,26+,27+,28+,29?,30?,32?/m0/s1. The van der Waals surface area contributed by atoms with Crippen molar-refractivity contribution in [2.24, 2.45) is 11.3 Å². The highest BCUT2D eigenvalue weighted by atomic mass is 16.5. The molecular formula is C32H58O13. The summed E-state index contributed by atoms with van der Waals surface area (Å²) in [4.78, 5) is 28.0. The summed E-state index contributed by atoms with van der Waals surface area (Å²) in [5.74, 6) is -3.93. The molecule has 13 heteroatoms. The van der Waals surface area contributed by atoms with Crippen LogP contribution < -0.4 is 0 Å². The third kappa shape index (κ3) is 9.43. The maximum atomic E-state index is 14.4. The molecule has 9 N–H and O–H groups in total. The molecule has 0 saturated carbocycles. The number of aliphatic hydroxyl groups is 8. The van der Waals surface area contributed by atoms with Gasteiger partial charge < -0.3 is 55.4 Å². The first-order chi connectivity index (χ1) is 21.2. The van der Waals surface area contributed by atoms with Crippen LogP contribution in [0.3, 0.4) is 0 Å². The number of unbranched alkanes of at least 4 members (excludes halogenated alkanes) is 4. The van der Waals surface area contributed by atoms with Crippen LogP contribution in [0.2, 0.25) is 0 Å². The van der Waals surface area contributed by atoms with E-state index < -0.39 is 96.3 Å². The van der Waals surface area contributed by atoms with E-state index in [1.54, 1.807) is 0 Å². The van der Waals surface area contributed by atoms with Gasteiger partial charge in [-0.05, 0) is 52.4 Å². The fourth-order valence-electron chi connectivity index (χ4n) is 6.85. The number of ketones is 1. The molecule has 2 aliphatic heterocycles. The van der Waals surface area contributed by atoms with Crippen LogP contribution in [0.1, 0.15) is 105 Å². The number of rotatable bonds is 19. The Morgan fingerprint density at radius 1 is 0.644 bits per heavy atom. The lowest BCUT2D eigenvalue weighted by Gasteiger charge is -2.52. The first kappa shape index (κ1) is 39.9. The minimum absolute atomic E-state index is 0.0692. The lowest BCUT2D eigenvalue weighted by Crippen LogP contribution is -2.70. The van der Waals surface area contributed by atoms with Gasteiger partial charge in [0.25, 0.3) is 0 Å². The summed E-state index contributed by atoms with van der Waals surface area (Å²) in [7, 11) is 0. The van der Waals surface area contributed by atoms with Crippen LogP contribution in [0.5, 0.6) is 0 Å². The maximum absolute atomic E-state index is 14.4. The molecule has 0 spiro atoms. The van der Waals surface area contributed by atoms with E-state index >= 15 is 0 Å². The van der Waals surface area contributed by atoms with Crippen LogP contribution in [0, 0.1) is 11.3 Å². The van der Waals surface area contributed by atoms with Crippen LogP contribution >= 0.6 is 0 Å². The minimum Gasteiger partial charge on any atom is -0.480 e. The number of hydrogen-bond donors (Lipinski definition) is 9. The molecule has 2 aliphatic rings. The summed E-state index contributed by atoms with van der Waals surface area (Å²) in [5.41, 5.74) is -2.61. The lowest BCUT2D eigenvalue weighted by atomic mass is 9.59. The fraction of sp³-hybridized carbons (Fsp3) is 0.938. The molecule has 13 nitrogen and oxygen atoms in total. The first-order valence-corrected chi connectivity index (χ1v) is 16.7. The number of hydrogen-bond acceptors (Lipinski definition) is 12. The molecule has 0 aromatic carbocycles. The van der Waals surface area contributed by atoms with Gasteiger partial charge in [0.1, 0.15) is 42.7 Å². The largest absolute Gasteiger partial charge is 0.480 e. The van der Waals surface area contributed by atoms with Gasteiger partial charge in [0.2, 0.25) is 0 Å². The topological polar surface area (TPSA) is 235 Å². The summed E-state index contributed by atoms with van der Waals surface area (Å²) in [6, 6.07) is 0. The Morgan fingerprint density at radius 2 is 1.11 bits per heavy atom. The van der Waals surface area contributed by atoms with Crippen LogP contribution in [0.4, 0.5) is 0 Å². The summed E-state index contributed by atoms with van der Waals surface area (Å²) < 4.78 is 11.8. The molecular weight excluding hydrogens is 592 g/mol. The maximum Gasteiger partial charge on any atom is 0.320 e. The zero-order valence-electron chi connectivity index (χ0n) is 27.1. The number of carbonyl (C=O) groups excluding carboxylic acids is 1. The van der Waals surface area contributed by atoms with E-state index in [9.17, 15) is 55.5 Å². The monoisotopic (exact) mass is 650 g/mol. The van der Waals surface area contributed by atoms with E-state index in [4.69, 9.17) is 9.47 Å². The zero-order valence-corrected chi connectivity index (χ0v) is 27.1. The number of Topliss-reactive ketones (excluding diaryl/α,β-unsaturated/α-hetero) is 1. The number of aliphatic carboxylic acids is 1. The van der Waals surface area contributed by atoms with Gasteiger partial charge in [-0.15, -0.1) is 0 Å². The molecule has 6 unspecified atom stereocenters. The van der Waals surface area contributed by atoms with Crippen LogP contribution in [0.25, 0.3) is 0 Å². The van der Waals surface area contributed by atoms with Gasteiger partial charge in [-0.25, -0.2) is 0 Å². The van der Waals surface area contributed by atoms with E-state index in [2.05, 4.69) is 0 Å². The molecule has 2 rings (SSSR count). The molecule has 0 aromatic rings. The van der Waals surface area contributed by atoms with Crippen LogP contribution in [0.15, 0.2) is 0 Å². The molecule has 14 atom stereocenters. The van der Waals surface area contributed by atoms with Crippen molar-refractivity contribution in [1.82, 2.24) is 0 Å². The summed E-state index contributed by atoms with van der Waals surface area (Å²) in [6.45, 7) is 6.51. The van der Waals surface area contributed by atoms with Gasteiger partial charge in [0.15, 0.2) is 11.2 Å². The third-order valence-electron chi connectivity index (χ3n) is 9.92. The van der Waals surface area contributed by atoms with Crippen molar-refractivity contribution in [3.8, 4) is 0 Å². The van der Waals surface area contributed by atoms with Crippen molar-refractivity contribution < 1.29 is 65.0 Å². The Kier molecular flexibility index (Phi) is 16.3. The van der Waals surface area contributed by atoms with Gasteiger partial charge in [-0.1, -0.05) is 46.0 Å². The van der Waals surface area contributed by atoms with Gasteiger partial charge in [-0.2, -0.15) is 0 Å². The molecule has 0 amide bonds. The molecule has 45 heavy (non-hydrogen) atoms. The normalized spacial score (nSPS) is 35.7. The van der Waals surface area contributed by atoms with E-state index in [1.807, 2.05) is 13.8 Å². The highest BCUT2D eigenvalue weighted by molar-refractivity contribution is 6.04. The first-order valence-electron chi connectivity index (χ1n) is 16.7. The minimum atomic E-state index is -2.61. The molecule has 264 valence electrons. The fourth-order valence-corrected chi connectivity index (χ4v) is 6.85. The van der Waals surface area contributed by atoms with Crippen molar-refractivity contribution in [2.75, 3.05) is 0 Å². The van der Waals surface area contributed by atoms with E-state index in [-0.39, 0.29) is 25.7 Å². The number of carboxylic acids is 1. The van der Waals surface area contributed by atoms with Gasteiger partial charge in [0.05, 0.1) is 30.5 Å². The summed E-state index contributed by atoms with van der Waals surface area (Å²) in [6.07, 6.45) is -12.4. The predicted octanol–water partition coefficient (Wildman–Crippen LogP) is 0.426. The van der Waals surface area contributed by atoms with Crippen molar-refractivity contribution in [3.63, 3.8) is 0 Å². The van der Waals surface area contributed by atoms with Gasteiger partial charge in [-0.3, -0.25) is 9.59 Å². The Bertz CT molecular complexity index is 904. The van der Waals surface area contributed by atoms with Crippen molar-refractivity contribution in [2.45, 2.75) is 178 Å². The number of ether oxygens (including phenoxy) is 2. The third-order valence-corrected chi connectivity index (χ3v) is 9.92. The predicted molar refractivity (Wildman–Crippen MR) is 162 cm³/mol. The van der Waals surface area contributed by atoms with Crippen molar-refractivity contribution >= 4 is 11.8 Å². The molecule has 0 aliphatic carbocycles. The second kappa shape index (κ2) is 18.3. The SMILES string of the molecule is CCC(O)CCCCCCC(=O)C(C(=O)O)(C(CCCCC(O)CC)C1O[C@@H](C)[C@H](O)[C@@H](O)[C@H]1O)C1O[C@@H](C)[C@H](O)[C@@H](O)[C@H]1O. The Morgan fingerprint density at radius 3 is 1.64 bits per heavy atom. The smallest absolute Gasteiger partial charge is 0.320 e. The lowest BCUT2D eigenvalue weighted by molar-refractivity contribution is -0.274. The van der Waals surface area contributed by atoms with Crippen LogP contribution in [-0.4, -0.2) is 131 Å². The Balaban J connectivity index is 2.58. The van der Waals surface area contributed by atoms with E-state index in [0.717, 1.165) is 0 Å². The van der Waals surface area contributed by atoms with Crippen molar-refractivity contribution in [1.29, 1.82) is 0 Å². The molecule has 2 fully saturated rings. The van der Waals surface area contributed by atoms with E-state index in [1.165, 1.54) is 13.8 Å². The average Bonchev–Trinajstić information content (AvgIpc) is 3.01. The molecule has 0 radical (unpaired) electrons. The summed E-state index contributed by atoms with van der Waals surface area (Å²) in [5, 5.41) is 95.5. The summed E-state index contributed by atoms with van der Waals surface area (Å²) >= 11 is 0. The molecule has 2 saturated heterocycles. The number of aliphatic hydroxyl groups excluding tert-OH is 8. The van der Waals surface area contributed by atoms with Crippen molar-refractivity contribution in [3.05, 3.63) is 0 Å².